The average molecular weight is 185 g/mol. The maximum Gasteiger partial charge on any atom is 0.206 e. The molecule has 3 N–H and O–H groups in total. The van der Waals surface area contributed by atoms with E-state index in [2.05, 4.69) is 0 Å². The summed E-state index contributed by atoms with van der Waals surface area (Å²) in [6.07, 6.45) is 5.78. The van der Waals surface area contributed by atoms with Crippen molar-refractivity contribution in [1.82, 2.24) is 0 Å². The van der Waals surface area contributed by atoms with Gasteiger partial charge < -0.3 is 10.8 Å². The van der Waals surface area contributed by atoms with Crippen molar-refractivity contribution in [3.8, 4) is 0 Å². The summed E-state index contributed by atoms with van der Waals surface area (Å²) in [5.41, 5.74) is 5.92. The second kappa shape index (κ2) is 3.56. The number of rotatable bonds is 0. The summed E-state index contributed by atoms with van der Waals surface area (Å²) in [5, 5.41) is 10.1. The second-order valence-electron chi connectivity index (χ2n) is 4.67. The number of aliphatic hydroxyl groups is 1. The number of hydrogen-bond acceptors (Lipinski definition) is 2. The first kappa shape index (κ1) is 9.44. The van der Waals surface area contributed by atoms with E-state index in [0.717, 1.165) is 30.5 Å². The number of nitrogens with zero attached hydrogens (tertiary/aromatic N) is 1. The Morgan fingerprint density at radius 1 is 1.00 bits per heavy atom. The van der Waals surface area contributed by atoms with Crippen LogP contribution in [0.15, 0.2) is 0 Å². The lowest BCUT2D eigenvalue weighted by molar-refractivity contribution is -0.980. The van der Waals surface area contributed by atoms with Crippen LogP contribution in [-0.2, 0) is 0 Å². The van der Waals surface area contributed by atoms with Crippen LogP contribution in [0.3, 0.4) is 0 Å². The van der Waals surface area contributed by atoms with E-state index >= 15 is 0 Å². The van der Waals surface area contributed by atoms with Gasteiger partial charge in [-0.3, -0.25) is 4.48 Å². The third kappa shape index (κ3) is 1.60. The van der Waals surface area contributed by atoms with Crippen molar-refractivity contribution in [2.45, 2.75) is 44.4 Å². The van der Waals surface area contributed by atoms with E-state index in [1.54, 1.807) is 0 Å². The Kier molecular flexibility index (Phi) is 2.58. The maximum absolute atomic E-state index is 10.1. The van der Waals surface area contributed by atoms with E-state index in [1.807, 2.05) is 0 Å². The van der Waals surface area contributed by atoms with Gasteiger partial charge in [0, 0.05) is 0 Å². The standard InChI is InChI=1S/C10H21N2O/c11-9-5-4-8-12(10(9)13)6-2-1-3-7-12/h9-10,13H,1-8,11H2/q+1. The third-order valence-electron chi connectivity index (χ3n) is 3.79. The highest BCUT2D eigenvalue weighted by molar-refractivity contribution is 4.73. The Labute approximate surface area is 80.1 Å². The van der Waals surface area contributed by atoms with Crippen molar-refractivity contribution >= 4 is 0 Å². The molecule has 0 saturated carbocycles. The van der Waals surface area contributed by atoms with Crippen molar-refractivity contribution < 1.29 is 9.59 Å². The summed E-state index contributed by atoms with van der Waals surface area (Å²) < 4.78 is 0.904. The highest BCUT2D eigenvalue weighted by Crippen LogP contribution is 2.28. The molecule has 2 fully saturated rings. The van der Waals surface area contributed by atoms with Gasteiger partial charge in [-0.2, -0.15) is 0 Å². The smallest absolute Gasteiger partial charge is 0.206 e. The first-order valence-electron chi connectivity index (χ1n) is 5.54. The van der Waals surface area contributed by atoms with Crippen LogP contribution in [0.2, 0.25) is 0 Å². The molecule has 2 rings (SSSR count). The van der Waals surface area contributed by atoms with Crippen LogP contribution in [-0.4, -0.2) is 41.5 Å². The fraction of sp³-hybridized carbons (Fsp3) is 1.00. The number of quaternary nitrogens is 1. The number of piperidine rings is 2. The van der Waals surface area contributed by atoms with Crippen LogP contribution < -0.4 is 5.73 Å². The molecule has 0 aromatic rings. The summed E-state index contributed by atoms with van der Waals surface area (Å²) in [7, 11) is 0. The molecule has 2 saturated heterocycles. The van der Waals surface area contributed by atoms with Crippen LogP contribution >= 0.6 is 0 Å². The number of nitrogens with two attached hydrogens (primary N) is 1. The minimum absolute atomic E-state index is 0.0202. The van der Waals surface area contributed by atoms with Crippen molar-refractivity contribution in [3.05, 3.63) is 0 Å². The van der Waals surface area contributed by atoms with E-state index < -0.39 is 0 Å². The molecule has 2 aliphatic rings. The van der Waals surface area contributed by atoms with Gasteiger partial charge in [0.2, 0.25) is 6.23 Å². The predicted octanol–water partition coefficient (Wildman–Crippen LogP) is 0.427. The second-order valence-corrected chi connectivity index (χ2v) is 4.67. The Hall–Kier alpha value is -0.120. The van der Waals surface area contributed by atoms with Gasteiger partial charge in [-0.05, 0) is 32.1 Å². The molecule has 3 heteroatoms. The third-order valence-corrected chi connectivity index (χ3v) is 3.79. The Morgan fingerprint density at radius 3 is 2.31 bits per heavy atom. The summed E-state index contributed by atoms with van der Waals surface area (Å²) in [5.74, 6) is 0. The molecule has 2 atom stereocenters. The zero-order chi connectivity index (χ0) is 9.31. The van der Waals surface area contributed by atoms with E-state index in [-0.39, 0.29) is 12.3 Å². The van der Waals surface area contributed by atoms with Crippen LogP contribution in [0.1, 0.15) is 32.1 Å². The quantitative estimate of drug-likeness (QED) is 0.537. The molecule has 0 aromatic carbocycles. The lowest BCUT2D eigenvalue weighted by Crippen LogP contribution is -2.66. The summed E-state index contributed by atoms with van der Waals surface area (Å²) >= 11 is 0. The van der Waals surface area contributed by atoms with Gasteiger partial charge in [-0.1, -0.05) is 0 Å². The van der Waals surface area contributed by atoms with E-state index in [9.17, 15) is 5.11 Å². The molecule has 3 nitrogen and oxygen atoms in total. The van der Waals surface area contributed by atoms with Gasteiger partial charge in [-0.25, -0.2) is 0 Å². The van der Waals surface area contributed by atoms with Crippen molar-refractivity contribution in [1.29, 1.82) is 0 Å². The SMILES string of the molecule is NC1CCC[N+]2(CCCCC2)C1O. The fourth-order valence-corrected chi connectivity index (χ4v) is 2.96. The van der Waals surface area contributed by atoms with Crippen molar-refractivity contribution in [2.24, 2.45) is 5.73 Å². The molecular formula is C10H21N2O+. The summed E-state index contributed by atoms with van der Waals surface area (Å²) in [4.78, 5) is 0. The molecule has 0 aromatic heterocycles. The molecule has 1 spiro atoms. The highest BCUT2D eigenvalue weighted by Gasteiger charge is 2.43. The lowest BCUT2D eigenvalue weighted by atomic mass is 9.96. The van der Waals surface area contributed by atoms with Gasteiger partial charge in [0.15, 0.2) is 0 Å². The molecule has 0 radical (unpaired) electrons. The molecule has 13 heavy (non-hydrogen) atoms. The molecular weight excluding hydrogens is 164 g/mol. The molecule has 2 aliphatic heterocycles. The largest absolute Gasteiger partial charge is 0.344 e. The minimum atomic E-state index is -0.283. The molecule has 2 heterocycles. The molecule has 0 aliphatic carbocycles. The Bertz CT molecular complexity index is 172. The average Bonchev–Trinajstić information content (AvgIpc) is 2.16. The first-order valence-corrected chi connectivity index (χ1v) is 5.54. The zero-order valence-electron chi connectivity index (χ0n) is 8.28. The van der Waals surface area contributed by atoms with Crippen LogP contribution in [0.25, 0.3) is 0 Å². The monoisotopic (exact) mass is 185 g/mol. The predicted molar refractivity (Wildman–Crippen MR) is 51.9 cm³/mol. The van der Waals surface area contributed by atoms with Gasteiger partial charge in [0.25, 0.3) is 0 Å². The van der Waals surface area contributed by atoms with E-state index in [4.69, 9.17) is 5.73 Å². The van der Waals surface area contributed by atoms with Gasteiger partial charge in [0.1, 0.15) is 0 Å². The first-order chi connectivity index (χ1) is 6.25. The van der Waals surface area contributed by atoms with Crippen molar-refractivity contribution in [3.63, 3.8) is 0 Å². The van der Waals surface area contributed by atoms with Crippen LogP contribution in [0.5, 0.6) is 0 Å². The number of hydrogen-bond donors (Lipinski definition) is 2. The van der Waals surface area contributed by atoms with Crippen molar-refractivity contribution in [2.75, 3.05) is 19.6 Å². The summed E-state index contributed by atoms with van der Waals surface area (Å²) in [6, 6.07) is 0.0202. The molecule has 0 bridgehead atoms. The molecule has 2 unspecified atom stereocenters. The topological polar surface area (TPSA) is 46.2 Å². The maximum atomic E-state index is 10.1. The Balaban J connectivity index is 2.09. The Morgan fingerprint density at radius 2 is 1.62 bits per heavy atom. The van der Waals surface area contributed by atoms with Crippen LogP contribution in [0, 0.1) is 0 Å². The normalized spacial score (nSPS) is 39.2. The zero-order valence-corrected chi connectivity index (χ0v) is 8.28. The fourth-order valence-electron chi connectivity index (χ4n) is 2.96. The molecule has 0 amide bonds. The number of aliphatic hydroxyl groups excluding tert-OH is 1. The van der Waals surface area contributed by atoms with Crippen LogP contribution in [0.4, 0.5) is 0 Å². The van der Waals surface area contributed by atoms with Gasteiger partial charge >= 0.3 is 0 Å². The van der Waals surface area contributed by atoms with E-state index in [1.165, 1.54) is 25.7 Å². The summed E-state index contributed by atoms with van der Waals surface area (Å²) in [6.45, 7) is 3.44. The van der Waals surface area contributed by atoms with Gasteiger partial charge in [-0.15, -0.1) is 0 Å². The van der Waals surface area contributed by atoms with Gasteiger partial charge in [0.05, 0.1) is 25.7 Å². The lowest BCUT2D eigenvalue weighted by Gasteiger charge is -2.49. The highest BCUT2D eigenvalue weighted by atomic mass is 16.3. The minimum Gasteiger partial charge on any atom is -0.344 e. The van der Waals surface area contributed by atoms with E-state index in [0.29, 0.717) is 0 Å². The molecule has 76 valence electrons.